The summed E-state index contributed by atoms with van der Waals surface area (Å²) in [5, 5.41) is 9.75. The van der Waals surface area contributed by atoms with Crippen molar-refractivity contribution in [1.82, 2.24) is 0 Å². The van der Waals surface area contributed by atoms with Crippen LogP contribution in [0.1, 0.15) is 0 Å². The lowest BCUT2D eigenvalue weighted by atomic mass is 9.94. The van der Waals surface area contributed by atoms with Gasteiger partial charge in [-0.05, 0) is 34.4 Å². The molecule has 0 spiro atoms. The summed E-state index contributed by atoms with van der Waals surface area (Å²) >= 11 is 0. The van der Waals surface area contributed by atoms with Gasteiger partial charge in [0.25, 0.3) is 0 Å². The van der Waals surface area contributed by atoms with Crippen LogP contribution >= 0.6 is 7.82 Å². The molecule has 6 heteroatoms. The van der Waals surface area contributed by atoms with E-state index in [1.807, 2.05) is 48.5 Å². The fraction of sp³-hybridized carbons (Fsp3) is 0. The predicted molar refractivity (Wildman–Crippen MR) is 93.2 cm³/mol. The second-order valence-corrected chi connectivity index (χ2v) is 6.00. The van der Waals surface area contributed by atoms with Crippen molar-refractivity contribution in [2.75, 3.05) is 0 Å². The summed E-state index contributed by atoms with van der Waals surface area (Å²) in [5.74, 6) is 0.290. The molecule has 0 atom stereocenters. The first-order valence-corrected chi connectivity index (χ1v) is 8.63. The summed E-state index contributed by atoms with van der Waals surface area (Å²) in [7, 11) is -4.64. The van der Waals surface area contributed by atoms with Crippen molar-refractivity contribution < 1.29 is 24.4 Å². The molecule has 5 nitrogen and oxygen atoms in total. The molecule has 3 aromatic carbocycles. The number of aromatic hydroxyl groups is 1. The molecular formula is C18H17O5P. The molecule has 24 heavy (non-hydrogen) atoms. The van der Waals surface area contributed by atoms with Crippen LogP contribution in [-0.2, 0) is 4.57 Å². The fourth-order valence-corrected chi connectivity index (χ4v) is 2.26. The summed E-state index contributed by atoms with van der Waals surface area (Å²) < 4.78 is 8.88. The highest BCUT2D eigenvalue weighted by Gasteiger charge is 2.07. The van der Waals surface area contributed by atoms with Crippen LogP contribution in [0.15, 0.2) is 78.9 Å². The molecule has 0 aliphatic rings. The van der Waals surface area contributed by atoms with Gasteiger partial charge in [0.05, 0.1) is 0 Å². The second-order valence-electron chi connectivity index (χ2n) is 4.98. The highest BCUT2D eigenvalue weighted by atomic mass is 31.2. The van der Waals surface area contributed by atoms with E-state index in [0.717, 1.165) is 22.3 Å². The molecule has 0 unspecified atom stereocenters. The molecule has 0 aliphatic heterocycles. The van der Waals surface area contributed by atoms with E-state index >= 15 is 0 Å². The second kappa shape index (κ2) is 7.90. The van der Waals surface area contributed by atoms with Gasteiger partial charge in [-0.25, -0.2) is 4.57 Å². The van der Waals surface area contributed by atoms with Gasteiger partial charge in [0.2, 0.25) is 0 Å². The lowest BCUT2D eigenvalue weighted by molar-refractivity contribution is 0.275. The minimum absolute atomic E-state index is 0.290. The molecule has 4 N–H and O–H groups in total. The lowest BCUT2D eigenvalue weighted by Crippen LogP contribution is -1.84. The molecule has 0 radical (unpaired) electrons. The smallest absolute Gasteiger partial charge is 0.466 e. The summed E-state index contributed by atoms with van der Waals surface area (Å²) in [6.07, 6.45) is 0. The molecule has 3 aromatic rings. The monoisotopic (exact) mass is 344 g/mol. The Balaban J connectivity index is 0.000000368. The molecule has 124 valence electrons. The maximum Gasteiger partial charge on any atom is 0.466 e. The summed E-state index contributed by atoms with van der Waals surface area (Å²) in [4.78, 5) is 21.6. The fourth-order valence-electron chi connectivity index (χ4n) is 2.26. The van der Waals surface area contributed by atoms with Crippen molar-refractivity contribution >= 4 is 7.82 Å². The van der Waals surface area contributed by atoms with Crippen LogP contribution in [0.2, 0.25) is 0 Å². The van der Waals surface area contributed by atoms with Crippen LogP contribution in [0, 0.1) is 0 Å². The number of hydrogen-bond acceptors (Lipinski definition) is 2. The lowest BCUT2D eigenvalue weighted by Gasteiger charge is -2.10. The van der Waals surface area contributed by atoms with E-state index in [0.29, 0.717) is 5.75 Å². The molecule has 0 heterocycles. The van der Waals surface area contributed by atoms with E-state index in [4.69, 9.17) is 19.2 Å². The van der Waals surface area contributed by atoms with Crippen LogP contribution in [0.4, 0.5) is 0 Å². The van der Waals surface area contributed by atoms with Gasteiger partial charge in [0.15, 0.2) is 0 Å². The zero-order valence-corrected chi connectivity index (χ0v) is 13.5. The van der Waals surface area contributed by atoms with Gasteiger partial charge in [-0.15, -0.1) is 0 Å². The third kappa shape index (κ3) is 5.65. The van der Waals surface area contributed by atoms with E-state index in [9.17, 15) is 5.11 Å². The average Bonchev–Trinajstić information content (AvgIpc) is 2.55. The van der Waals surface area contributed by atoms with Crippen LogP contribution in [0.25, 0.3) is 22.3 Å². The SMILES string of the molecule is O=P(O)(O)O.Oc1ccc(-c2ccccc2)c(-c2ccccc2)c1. The number of phenols is 1. The Morgan fingerprint density at radius 2 is 1.04 bits per heavy atom. The molecule has 0 saturated heterocycles. The Hall–Kier alpha value is -2.43. The van der Waals surface area contributed by atoms with E-state index in [2.05, 4.69) is 24.3 Å². The number of phenolic OH excluding ortho intramolecular Hbond substituents is 1. The van der Waals surface area contributed by atoms with Gasteiger partial charge < -0.3 is 19.8 Å². The Morgan fingerprint density at radius 3 is 1.50 bits per heavy atom. The first kappa shape index (κ1) is 17.9. The van der Waals surface area contributed by atoms with E-state index in [1.54, 1.807) is 6.07 Å². The highest BCUT2D eigenvalue weighted by Crippen LogP contribution is 2.34. The molecule has 3 rings (SSSR count). The first-order chi connectivity index (χ1) is 11.3. The standard InChI is InChI=1S/C18H14O.H3O4P/c19-16-11-12-17(14-7-3-1-4-8-14)18(13-16)15-9-5-2-6-10-15;1-5(2,3)4/h1-13,19H;(H3,1,2,3,4). The van der Waals surface area contributed by atoms with Gasteiger partial charge in [0, 0.05) is 0 Å². The van der Waals surface area contributed by atoms with Crippen molar-refractivity contribution in [3.8, 4) is 28.0 Å². The summed E-state index contributed by atoms with van der Waals surface area (Å²) in [6.45, 7) is 0. The Kier molecular flexibility index (Phi) is 5.90. The molecule has 0 bridgehead atoms. The summed E-state index contributed by atoms with van der Waals surface area (Å²) in [5.41, 5.74) is 4.44. The average molecular weight is 344 g/mol. The van der Waals surface area contributed by atoms with Crippen LogP contribution in [-0.4, -0.2) is 19.8 Å². The largest absolute Gasteiger partial charge is 0.508 e. The number of hydrogen-bond donors (Lipinski definition) is 4. The number of benzene rings is 3. The first-order valence-electron chi connectivity index (χ1n) is 7.07. The minimum atomic E-state index is -4.64. The quantitative estimate of drug-likeness (QED) is 0.530. The highest BCUT2D eigenvalue weighted by molar-refractivity contribution is 7.45. The normalized spacial score (nSPS) is 10.6. The van der Waals surface area contributed by atoms with Crippen LogP contribution in [0.5, 0.6) is 5.75 Å². The molecule has 0 aliphatic carbocycles. The molecule has 0 saturated carbocycles. The van der Waals surface area contributed by atoms with Crippen molar-refractivity contribution in [3.63, 3.8) is 0 Å². The predicted octanol–water partition coefficient (Wildman–Crippen LogP) is 3.80. The molecule has 0 amide bonds. The maximum atomic E-state index is 9.75. The molecule has 0 fully saturated rings. The van der Waals surface area contributed by atoms with Gasteiger partial charge in [-0.3, -0.25) is 0 Å². The molecule has 0 aromatic heterocycles. The Bertz CT molecular complexity index is 820. The van der Waals surface area contributed by atoms with Gasteiger partial charge in [-0.2, -0.15) is 0 Å². The zero-order valence-electron chi connectivity index (χ0n) is 12.6. The van der Waals surface area contributed by atoms with Crippen LogP contribution in [0.3, 0.4) is 0 Å². The van der Waals surface area contributed by atoms with E-state index in [1.165, 1.54) is 0 Å². The minimum Gasteiger partial charge on any atom is -0.508 e. The zero-order chi connectivity index (χ0) is 17.6. The third-order valence-electron chi connectivity index (χ3n) is 3.17. The Labute approximate surface area is 139 Å². The third-order valence-corrected chi connectivity index (χ3v) is 3.17. The van der Waals surface area contributed by atoms with Crippen molar-refractivity contribution in [1.29, 1.82) is 0 Å². The van der Waals surface area contributed by atoms with Gasteiger partial charge in [0.1, 0.15) is 5.75 Å². The van der Waals surface area contributed by atoms with Crippen molar-refractivity contribution in [2.45, 2.75) is 0 Å². The van der Waals surface area contributed by atoms with E-state index < -0.39 is 7.82 Å². The summed E-state index contributed by atoms with van der Waals surface area (Å²) in [6, 6.07) is 25.9. The van der Waals surface area contributed by atoms with Crippen molar-refractivity contribution in [2.24, 2.45) is 0 Å². The Morgan fingerprint density at radius 1 is 0.625 bits per heavy atom. The maximum absolute atomic E-state index is 9.75. The topological polar surface area (TPSA) is 98.0 Å². The van der Waals surface area contributed by atoms with Gasteiger partial charge >= 0.3 is 7.82 Å². The number of phosphoric acid groups is 1. The number of rotatable bonds is 2. The van der Waals surface area contributed by atoms with E-state index in [-0.39, 0.29) is 0 Å². The van der Waals surface area contributed by atoms with Crippen molar-refractivity contribution in [3.05, 3.63) is 78.9 Å². The molecular weight excluding hydrogens is 327 g/mol. The van der Waals surface area contributed by atoms with Gasteiger partial charge in [-0.1, -0.05) is 66.7 Å². The van der Waals surface area contributed by atoms with Crippen LogP contribution < -0.4 is 0 Å².